The van der Waals surface area contributed by atoms with Crippen molar-refractivity contribution in [2.24, 2.45) is 0 Å². The van der Waals surface area contributed by atoms with Crippen molar-refractivity contribution < 1.29 is 4.92 Å². The monoisotopic (exact) mass is 241 g/mol. The van der Waals surface area contributed by atoms with Crippen LogP contribution in [0.25, 0.3) is 5.69 Å². The second kappa shape index (κ2) is 5.15. The topological polar surface area (TPSA) is 61.0 Å². The Morgan fingerprint density at radius 3 is 2.94 bits per heavy atom. The van der Waals surface area contributed by atoms with E-state index < -0.39 is 4.92 Å². The van der Waals surface area contributed by atoms with Crippen LogP contribution >= 0.6 is 0 Å². The number of hydrogen-bond acceptors (Lipinski definition) is 3. The summed E-state index contributed by atoms with van der Waals surface area (Å²) in [5.41, 5.74) is 1.26. The Labute approximate surface area is 104 Å². The zero-order chi connectivity index (χ0) is 13.0. The van der Waals surface area contributed by atoms with E-state index >= 15 is 0 Å². The quantitative estimate of drug-likeness (QED) is 0.461. The highest BCUT2D eigenvalue weighted by molar-refractivity contribution is 5.56. The van der Waals surface area contributed by atoms with Crippen LogP contribution in [0.3, 0.4) is 0 Å². The summed E-state index contributed by atoms with van der Waals surface area (Å²) in [6.07, 6.45) is 5.72. The summed E-state index contributed by atoms with van der Waals surface area (Å²) in [5, 5.41) is 10.9. The highest BCUT2D eigenvalue weighted by Gasteiger charge is 2.12. The van der Waals surface area contributed by atoms with E-state index in [2.05, 4.69) is 16.8 Å². The molecule has 0 spiro atoms. The molecule has 0 aliphatic rings. The van der Waals surface area contributed by atoms with Crippen LogP contribution in [-0.2, 0) is 0 Å². The van der Waals surface area contributed by atoms with Crippen LogP contribution in [0.15, 0.2) is 36.9 Å². The van der Waals surface area contributed by atoms with Gasteiger partial charge in [-0.05, 0) is 12.1 Å². The van der Waals surface area contributed by atoms with Crippen LogP contribution < -0.4 is 0 Å². The molecule has 0 saturated heterocycles. The van der Waals surface area contributed by atoms with Gasteiger partial charge in [-0.25, -0.2) is 4.98 Å². The first-order valence-electron chi connectivity index (χ1n) is 5.48. The molecule has 2 aromatic rings. The van der Waals surface area contributed by atoms with Gasteiger partial charge >= 0.3 is 0 Å². The van der Waals surface area contributed by atoms with Gasteiger partial charge in [0.2, 0.25) is 0 Å². The van der Waals surface area contributed by atoms with Crippen molar-refractivity contribution in [3.8, 4) is 17.5 Å². The Morgan fingerprint density at radius 2 is 2.33 bits per heavy atom. The Hall–Kier alpha value is -2.61. The number of hydrogen-bond donors (Lipinski definition) is 0. The minimum atomic E-state index is -0.419. The van der Waals surface area contributed by atoms with Crippen molar-refractivity contribution in [2.45, 2.75) is 13.3 Å². The maximum Gasteiger partial charge on any atom is 0.285 e. The minimum Gasteiger partial charge on any atom is -0.306 e. The smallest absolute Gasteiger partial charge is 0.285 e. The summed E-state index contributed by atoms with van der Waals surface area (Å²) in [5.74, 6) is 5.67. The number of nitrogens with zero attached hydrogens (tertiary/aromatic N) is 3. The van der Waals surface area contributed by atoms with E-state index in [9.17, 15) is 10.1 Å². The molecule has 1 aromatic heterocycles. The molecule has 0 fully saturated rings. The molecule has 18 heavy (non-hydrogen) atoms. The summed E-state index contributed by atoms with van der Waals surface area (Å²) < 4.78 is 1.78. The number of imidazole rings is 1. The molecule has 5 heteroatoms. The lowest BCUT2D eigenvalue weighted by Gasteiger charge is -2.03. The van der Waals surface area contributed by atoms with Crippen molar-refractivity contribution >= 4 is 5.69 Å². The van der Waals surface area contributed by atoms with E-state index in [1.54, 1.807) is 35.4 Å². The molecule has 0 aliphatic heterocycles. The summed E-state index contributed by atoms with van der Waals surface area (Å²) in [6.45, 7) is 1.90. The van der Waals surface area contributed by atoms with Crippen LogP contribution in [-0.4, -0.2) is 14.5 Å². The van der Waals surface area contributed by atoms with Gasteiger partial charge in [0.1, 0.15) is 5.56 Å². The van der Waals surface area contributed by atoms with Crippen molar-refractivity contribution in [3.63, 3.8) is 0 Å². The Bertz CT molecular complexity index is 621. The molecule has 0 saturated carbocycles. The van der Waals surface area contributed by atoms with Crippen LogP contribution in [0.2, 0.25) is 0 Å². The summed E-state index contributed by atoms with van der Waals surface area (Å²) in [4.78, 5) is 14.4. The number of aromatic nitrogens is 2. The fraction of sp³-hybridized carbons (Fsp3) is 0.154. The highest BCUT2D eigenvalue weighted by atomic mass is 16.6. The third-order valence-corrected chi connectivity index (χ3v) is 2.38. The van der Waals surface area contributed by atoms with Crippen LogP contribution in [0.5, 0.6) is 0 Å². The lowest BCUT2D eigenvalue weighted by atomic mass is 10.1. The Balaban J connectivity index is 2.52. The predicted octanol–water partition coefficient (Wildman–Crippen LogP) is 2.54. The van der Waals surface area contributed by atoms with Gasteiger partial charge in [-0.3, -0.25) is 10.1 Å². The molecule has 90 valence electrons. The molecule has 5 nitrogen and oxygen atoms in total. The molecule has 1 aromatic carbocycles. The van der Waals surface area contributed by atoms with E-state index in [0.29, 0.717) is 12.0 Å². The van der Waals surface area contributed by atoms with Gasteiger partial charge in [-0.2, -0.15) is 0 Å². The lowest BCUT2D eigenvalue weighted by Crippen LogP contribution is -1.96. The lowest BCUT2D eigenvalue weighted by molar-refractivity contribution is -0.385. The average molecular weight is 241 g/mol. The van der Waals surface area contributed by atoms with Crippen molar-refractivity contribution in [1.82, 2.24) is 9.55 Å². The normalized spacial score (nSPS) is 9.61. The molecule has 0 aliphatic carbocycles. The Kier molecular flexibility index (Phi) is 3.39. The van der Waals surface area contributed by atoms with Gasteiger partial charge in [0, 0.05) is 30.6 Å². The summed E-state index contributed by atoms with van der Waals surface area (Å²) in [7, 11) is 0. The molecule has 0 unspecified atom stereocenters. The highest BCUT2D eigenvalue weighted by Crippen LogP contribution is 2.21. The zero-order valence-electron chi connectivity index (χ0n) is 9.83. The maximum absolute atomic E-state index is 10.9. The van der Waals surface area contributed by atoms with E-state index in [1.807, 2.05) is 6.92 Å². The van der Waals surface area contributed by atoms with Crippen LogP contribution in [0, 0.1) is 22.0 Å². The van der Waals surface area contributed by atoms with Crippen molar-refractivity contribution in [3.05, 3.63) is 52.6 Å². The van der Waals surface area contributed by atoms with Crippen LogP contribution in [0.4, 0.5) is 5.69 Å². The molecular weight excluding hydrogens is 230 g/mol. The van der Waals surface area contributed by atoms with Crippen LogP contribution in [0.1, 0.15) is 18.9 Å². The molecule has 0 bridgehead atoms. The second-order valence-electron chi connectivity index (χ2n) is 3.58. The van der Waals surface area contributed by atoms with E-state index in [4.69, 9.17) is 0 Å². The SMILES string of the molecule is CCC#Cc1cc(-n2ccnc2)ccc1[N+](=O)[O-]. The summed E-state index contributed by atoms with van der Waals surface area (Å²) >= 11 is 0. The van der Waals surface area contributed by atoms with Gasteiger partial charge < -0.3 is 4.57 Å². The third-order valence-electron chi connectivity index (χ3n) is 2.38. The maximum atomic E-state index is 10.9. The van der Waals surface area contributed by atoms with Gasteiger partial charge in [-0.15, -0.1) is 0 Å². The first-order valence-corrected chi connectivity index (χ1v) is 5.48. The first kappa shape index (κ1) is 11.9. The standard InChI is InChI=1S/C13H11N3O2/c1-2-3-4-11-9-12(15-8-7-14-10-15)5-6-13(11)16(17)18/h5-10H,2H2,1H3. The summed E-state index contributed by atoms with van der Waals surface area (Å²) in [6, 6.07) is 4.84. The molecule has 0 radical (unpaired) electrons. The largest absolute Gasteiger partial charge is 0.306 e. The van der Waals surface area contributed by atoms with E-state index in [0.717, 1.165) is 5.69 Å². The molecular formula is C13H11N3O2. The van der Waals surface area contributed by atoms with Gasteiger partial charge in [-0.1, -0.05) is 18.8 Å². The van der Waals surface area contributed by atoms with Crippen molar-refractivity contribution in [1.29, 1.82) is 0 Å². The first-order chi connectivity index (χ1) is 8.72. The molecule has 2 rings (SSSR count). The number of benzene rings is 1. The Morgan fingerprint density at radius 1 is 1.50 bits per heavy atom. The molecule has 1 heterocycles. The van der Waals surface area contributed by atoms with Gasteiger partial charge in [0.15, 0.2) is 0 Å². The fourth-order valence-electron chi connectivity index (χ4n) is 1.54. The zero-order valence-corrected chi connectivity index (χ0v) is 9.83. The van der Waals surface area contributed by atoms with Gasteiger partial charge in [0.05, 0.1) is 11.3 Å². The van der Waals surface area contributed by atoms with Gasteiger partial charge in [0.25, 0.3) is 5.69 Å². The number of nitro benzene ring substituents is 1. The van der Waals surface area contributed by atoms with Crippen molar-refractivity contribution in [2.75, 3.05) is 0 Å². The third kappa shape index (κ3) is 2.38. The second-order valence-corrected chi connectivity index (χ2v) is 3.58. The molecule has 0 atom stereocenters. The average Bonchev–Trinajstić information content (AvgIpc) is 2.89. The molecule has 0 N–H and O–H groups in total. The number of nitro groups is 1. The fourth-order valence-corrected chi connectivity index (χ4v) is 1.54. The molecule has 0 amide bonds. The number of rotatable bonds is 2. The minimum absolute atomic E-state index is 0.0276. The van der Waals surface area contributed by atoms with E-state index in [-0.39, 0.29) is 5.69 Å². The van der Waals surface area contributed by atoms with E-state index in [1.165, 1.54) is 6.07 Å². The predicted molar refractivity (Wildman–Crippen MR) is 67.4 cm³/mol.